The largest absolute Gasteiger partial charge is 0.504 e. The molecule has 0 heterocycles. The van der Waals surface area contributed by atoms with E-state index in [-0.39, 0.29) is 23.2 Å². The maximum absolute atomic E-state index is 10.7. The average Bonchev–Trinajstić information content (AvgIpc) is 3.13. The van der Waals surface area contributed by atoms with Gasteiger partial charge in [-0.2, -0.15) is 5.26 Å². The second-order valence-corrected chi connectivity index (χ2v) is 9.82. The van der Waals surface area contributed by atoms with Gasteiger partial charge in [0, 0.05) is 5.56 Å². The molecule has 0 aromatic heterocycles. The van der Waals surface area contributed by atoms with E-state index in [0.717, 1.165) is 48.1 Å². The van der Waals surface area contributed by atoms with Crippen molar-refractivity contribution >= 4 is 5.70 Å². The maximum atomic E-state index is 10.7. The predicted molar refractivity (Wildman–Crippen MR) is 124 cm³/mol. The van der Waals surface area contributed by atoms with E-state index >= 15 is 0 Å². The number of methoxy groups -OCH3 is 1. The number of hydrogen-bond acceptors (Lipinski definition) is 6. The van der Waals surface area contributed by atoms with Crippen LogP contribution in [-0.4, -0.2) is 23.4 Å². The Labute approximate surface area is 194 Å². The molecule has 0 amide bonds. The van der Waals surface area contributed by atoms with Crippen LogP contribution in [0.1, 0.15) is 60.8 Å². The zero-order valence-electron chi connectivity index (χ0n) is 19.0. The van der Waals surface area contributed by atoms with Crippen LogP contribution < -0.4 is 10.2 Å². The van der Waals surface area contributed by atoms with Crippen molar-refractivity contribution in [1.29, 1.82) is 5.26 Å². The third kappa shape index (κ3) is 3.66. The van der Waals surface area contributed by atoms with Gasteiger partial charge in [-0.05, 0) is 84.2 Å². The van der Waals surface area contributed by atoms with Crippen LogP contribution >= 0.6 is 0 Å². The molecule has 0 radical (unpaired) electrons. The van der Waals surface area contributed by atoms with Gasteiger partial charge in [-0.3, -0.25) is 10.3 Å². The predicted octanol–water partition coefficient (Wildman–Crippen LogP) is 4.62. The fraction of sp³-hybridized carbons (Fsp3) is 0.444. The van der Waals surface area contributed by atoms with Gasteiger partial charge in [-0.15, -0.1) is 0 Å². The summed E-state index contributed by atoms with van der Waals surface area (Å²) in [6.07, 6.45) is 5.84. The Kier molecular flexibility index (Phi) is 5.55. The van der Waals surface area contributed by atoms with Crippen LogP contribution in [-0.2, 0) is 11.4 Å². The van der Waals surface area contributed by atoms with Gasteiger partial charge in [0.25, 0.3) is 0 Å². The number of nitrogens with zero attached hydrogens (tertiary/aromatic N) is 1. The molecule has 2 fully saturated rings. The topological polar surface area (TPSA) is 94.7 Å². The van der Waals surface area contributed by atoms with Crippen molar-refractivity contribution in [2.45, 2.75) is 51.2 Å². The van der Waals surface area contributed by atoms with Crippen LogP contribution in [0.5, 0.6) is 11.5 Å². The van der Waals surface area contributed by atoms with Crippen molar-refractivity contribution in [1.82, 2.24) is 5.48 Å². The lowest BCUT2D eigenvalue weighted by atomic mass is 9.56. The van der Waals surface area contributed by atoms with Crippen molar-refractivity contribution in [3.8, 4) is 17.6 Å². The number of hydroxylamine groups is 1. The van der Waals surface area contributed by atoms with Crippen molar-refractivity contribution in [3.05, 3.63) is 64.7 Å². The minimum absolute atomic E-state index is 0.0649. The van der Waals surface area contributed by atoms with E-state index in [2.05, 4.69) is 24.5 Å². The van der Waals surface area contributed by atoms with E-state index in [1.54, 1.807) is 25.3 Å². The Morgan fingerprint density at radius 1 is 1.18 bits per heavy atom. The molecule has 3 N–H and O–H groups in total. The van der Waals surface area contributed by atoms with Crippen molar-refractivity contribution < 1.29 is 19.8 Å². The molecule has 2 saturated carbocycles. The van der Waals surface area contributed by atoms with Gasteiger partial charge in [0.2, 0.25) is 0 Å². The van der Waals surface area contributed by atoms with Crippen molar-refractivity contribution in [2.75, 3.05) is 7.11 Å². The highest BCUT2D eigenvalue weighted by molar-refractivity contribution is 5.72. The zero-order chi connectivity index (χ0) is 23.2. The molecule has 3 aliphatic carbocycles. The Hall–Kier alpha value is -3.01. The van der Waals surface area contributed by atoms with Crippen LogP contribution in [0.3, 0.4) is 0 Å². The zero-order valence-corrected chi connectivity index (χ0v) is 19.0. The summed E-state index contributed by atoms with van der Waals surface area (Å²) in [7, 11) is 1.57. The molecule has 0 aliphatic heterocycles. The highest BCUT2D eigenvalue weighted by Crippen LogP contribution is 2.61. The van der Waals surface area contributed by atoms with Gasteiger partial charge in [0.05, 0.1) is 37.2 Å². The molecule has 6 heteroatoms. The normalized spacial score (nSPS) is 29.8. The molecule has 2 aromatic rings. The summed E-state index contributed by atoms with van der Waals surface area (Å²) < 4.78 is 5.42. The Bertz CT molecular complexity index is 1120. The van der Waals surface area contributed by atoms with E-state index in [1.165, 1.54) is 0 Å². The van der Waals surface area contributed by atoms with E-state index in [0.29, 0.717) is 29.8 Å². The lowest BCUT2D eigenvalue weighted by molar-refractivity contribution is -0.00877. The van der Waals surface area contributed by atoms with Gasteiger partial charge in [0.15, 0.2) is 11.5 Å². The molecule has 6 nitrogen and oxygen atoms in total. The molecule has 2 aromatic carbocycles. The third-order valence-corrected chi connectivity index (χ3v) is 8.19. The van der Waals surface area contributed by atoms with Crippen LogP contribution in [0.2, 0.25) is 0 Å². The minimum Gasteiger partial charge on any atom is -0.504 e. The molecule has 0 bridgehead atoms. The molecule has 0 spiro atoms. The number of nitriles is 1. The first-order chi connectivity index (χ1) is 15.9. The summed E-state index contributed by atoms with van der Waals surface area (Å²) in [6, 6.07) is 13.1. The fourth-order valence-electron chi connectivity index (χ4n) is 6.29. The summed E-state index contributed by atoms with van der Waals surface area (Å²) >= 11 is 0. The van der Waals surface area contributed by atoms with Gasteiger partial charge in [-0.1, -0.05) is 25.1 Å². The summed E-state index contributed by atoms with van der Waals surface area (Å²) in [5.41, 5.74) is 7.57. The minimum atomic E-state index is -0.253. The van der Waals surface area contributed by atoms with Crippen molar-refractivity contribution in [2.24, 2.45) is 17.3 Å². The molecular formula is C27H30N2O4. The van der Waals surface area contributed by atoms with Crippen LogP contribution in [0, 0.1) is 28.6 Å². The van der Waals surface area contributed by atoms with Gasteiger partial charge in [-0.25, -0.2) is 0 Å². The number of allylic oxidation sites excluding steroid dienone is 1. The quantitative estimate of drug-likeness (QED) is 0.580. The van der Waals surface area contributed by atoms with Gasteiger partial charge < -0.3 is 14.9 Å². The fourth-order valence-corrected chi connectivity index (χ4v) is 6.29. The van der Waals surface area contributed by atoms with E-state index in [9.17, 15) is 10.2 Å². The molecule has 33 heavy (non-hydrogen) atoms. The number of aliphatic hydroxyl groups excluding tert-OH is 1. The Balaban J connectivity index is 1.45. The Morgan fingerprint density at radius 3 is 2.70 bits per heavy atom. The molecule has 5 rings (SSSR count). The second-order valence-electron chi connectivity index (χ2n) is 9.82. The summed E-state index contributed by atoms with van der Waals surface area (Å²) in [5, 5.41) is 30.2. The number of phenolic OH excluding ortho intramolecular Hbond substituents is 1. The molecule has 3 aliphatic rings. The molecule has 5 atom stereocenters. The highest BCUT2D eigenvalue weighted by atomic mass is 16.6. The molecule has 0 unspecified atom stereocenters. The third-order valence-electron chi connectivity index (χ3n) is 8.19. The van der Waals surface area contributed by atoms with E-state index < -0.39 is 0 Å². The SMILES string of the molecule is COc1cc2c(cc1O)C(NOCc1ccc(C#N)cc1)=C[C@@H]1[C@@H]2CC[C@]2(C)[C@H](O)CC[C@@H]12. The molecule has 0 saturated heterocycles. The van der Waals surface area contributed by atoms with Gasteiger partial charge >= 0.3 is 0 Å². The maximum Gasteiger partial charge on any atom is 0.160 e. The number of rotatable bonds is 5. The standard InChI is InChI=1S/C27H30N2O4/c1-27-10-9-18-19-13-25(32-2)24(30)12-21(19)23(11-20(18)22(27)7-8-26(27)31)29-33-15-17-5-3-16(14-28)4-6-17/h3-6,11-13,18,20,22,26,29-31H,7-10,15H2,1-2H3/t18-,20-,22+,26-,27+/m1/s1. The summed E-state index contributed by atoms with van der Waals surface area (Å²) in [5.74, 6) is 1.58. The number of phenols is 1. The van der Waals surface area contributed by atoms with Crippen LogP contribution in [0.15, 0.2) is 42.5 Å². The number of nitrogens with one attached hydrogen (secondary N) is 1. The van der Waals surface area contributed by atoms with Gasteiger partial charge in [0.1, 0.15) is 0 Å². The number of ether oxygens (including phenoxy) is 1. The van der Waals surface area contributed by atoms with E-state index in [1.807, 2.05) is 18.2 Å². The number of hydrogen-bond donors (Lipinski definition) is 3. The summed E-state index contributed by atoms with van der Waals surface area (Å²) in [6.45, 7) is 2.58. The van der Waals surface area contributed by atoms with E-state index in [4.69, 9.17) is 14.8 Å². The first-order valence-corrected chi connectivity index (χ1v) is 11.6. The number of fused-ring (bicyclic) bond motifs is 5. The number of aliphatic hydroxyl groups is 1. The molecular weight excluding hydrogens is 416 g/mol. The van der Waals surface area contributed by atoms with Crippen LogP contribution in [0.4, 0.5) is 0 Å². The lowest BCUT2D eigenvalue weighted by Gasteiger charge is -2.49. The first kappa shape index (κ1) is 21.8. The smallest absolute Gasteiger partial charge is 0.160 e. The lowest BCUT2D eigenvalue weighted by Crippen LogP contribution is -2.43. The number of benzene rings is 2. The summed E-state index contributed by atoms with van der Waals surface area (Å²) in [4.78, 5) is 5.86. The Morgan fingerprint density at radius 2 is 1.97 bits per heavy atom. The highest BCUT2D eigenvalue weighted by Gasteiger charge is 2.54. The van der Waals surface area contributed by atoms with Crippen LogP contribution in [0.25, 0.3) is 5.70 Å². The number of aromatic hydroxyl groups is 1. The second kappa shape index (κ2) is 8.40. The molecule has 172 valence electrons. The first-order valence-electron chi connectivity index (χ1n) is 11.6. The monoisotopic (exact) mass is 446 g/mol. The van der Waals surface area contributed by atoms with Crippen molar-refractivity contribution in [3.63, 3.8) is 0 Å². The average molecular weight is 447 g/mol.